The average Bonchev–Trinajstić information content (AvgIpc) is 3.21. The molecule has 0 fully saturated rings. The van der Waals surface area contributed by atoms with Crippen LogP contribution in [-0.2, 0) is 14.3 Å². The highest BCUT2D eigenvalue weighted by Crippen LogP contribution is 2.23. The zero-order valence-corrected chi connectivity index (χ0v) is 39.7. The van der Waals surface area contributed by atoms with Crippen LogP contribution in [0.5, 0.6) is 0 Å². The van der Waals surface area contributed by atoms with E-state index in [1.807, 2.05) is 0 Å². The Morgan fingerprint density at radius 2 is 0.474 bits per heavy atom. The summed E-state index contributed by atoms with van der Waals surface area (Å²) in [6.07, 6.45) is 62.5. The Bertz CT molecular complexity index is 777. The normalized spacial score (nSPS) is 12.1. The first-order chi connectivity index (χ1) is 28.2. The second kappa shape index (κ2) is 49.5. The van der Waals surface area contributed by atoms with Crippen LogP contribution in [0.15, 0.2) is 0 Å². The van der Waals surface area contributed by atoms with Crippen molar-refractivity contribution in [2.75, 3.05) is 0 Å². The molecule has 0 aliphatic carbocycles. The number of ether oxygens (including phenoxy) is 1. The van der Waals surface area contributed by atoms with Crippen LogP contribution in [0, 0.1) is 5.92 Å². The van der Waals surface area contributed by atoms with E-state index in [-0.39, 0.29) is 17.9 Å². The summed E-state index contributed by atoms with van der Waals surface area (Å²) in [4.78, 5) is 25.9. The van der Waals surface area contributed by atoms with Gasteiger partial charge in [-0.05, 0) is 19.3 Å². The molecule has 0 aliphatic heterocycles. The summed E-state index contributed by atoms with van der Waals surface area (Å²) in [5, 5.41) is 0. The standard InChI is InChI=1S/C54H106O3/c1-4-7-10-13-16-19-22-25-28-30-32-35-38-41-44-47-50-52(49-46-43-40-37-34-31-27-24-21-18-15-12-9-6-3)54(56)57-53(55)51-48-45-42-39-36-33-29-26-23-20-17-14-11-8-5-2/h52H,4-51H2,1-3H3/t52-/m1/s1. The maximum Gasteiger partial charge on any atom is 0.316 e. The third-order valence-corrected chi connectivity index (χ3v) is 12.8. The van der Waals surface area contributed by atoms with Crippen molar-refractivity contribution in [3.05, 3.63) is 0 Å². The van der Waals surface area contributed by atoms with Crippen molar-refractivity contribution in [3.63, 3.8) is 0 Å². The van der Waals surface area contributed by atoms with Crippen LogP contribution in [0.4, 0.5) is 0 Å². The third-order valence-electron chi connectivity index (χ3n) is 12.8. The SMILES string of the molecule is CCCCCCCCCCCCCCCCCC[C@@H](CCCCCCCCCCCCCCCC)C(=O)OC(=O)CCCCCCCCCCCCCCCCC. The van der Waals surface area contributed by atoms with Gasteiger partial charge in [-0.25, -0.2) is 0 Å². The lowest BCUT2D eigenvalue weighted by molar-refractivity contribution is -0.163. The smallest absolute Gasteiger partial charge is 0.316 e. The highest BCUT2D eigenvalue weighted by atomic mass is 16.6. The Hall–Kier alpha value is -0.860. The molecule has 340 valence electrons. The zero-order valence-electron chi connectivity index (χ0n) is 39.7. The van der Waals surface area contributed by atoms with E-state index in [0.717, 1.165) is 38.5 Å². The molecule has 1 atom stereocenters. The van der Waals surface area contributed by atoms with E-state index in [1.165, 1.54) is 263 Å². The molecule has 0 radical (unpaired) electrons. The van der Waals surface area contributed by atoms with Crippen LogP contribution < -0.4 is 0 Å². The van der Waals surface area contributed by atoms with Crippen molar-refractivity contribution in [1.82, 2.24) is 0 Å². The summed E-state index contributed by atoms with van der Waals surface area (Å²) in [5.74, 6) is -0.608. The van der Waals surface area contributed by atoms with Crippen LogP contribution >= 0.6 is 0 Å². The summed E-state index contributed by atoms with van der Waals surface area (Å²) < 4.78 is 5.50. The molecule has 0 aromatic carbocycles. The molecule has 0 N–H and O–H groups in total. The van der Waals surface area contributed by atoms with Crippen LogP contribution in [0.2, 0.25) is 0 Å². The fraction of sp³-hybridized carbons (Fsp3) is 0.963. The van der Waals surface area contributed by atoms with Crippen molar-refractivity contribution in [3.8, 4) is 0 Å². The molecule has 0 saturated carbocycles. The van der Waals surface area contributed by atoms with Gasteiger partial charge in [0.25, 0.3) is 0 Å². The fourth-order valence-corrected chi connectivity index (χ4v) is 8.79. The topological polar surface area (TPSA) is 43.4 Å². The Balaban J connectivity index is 4.18. The predicted octanol–water partition coefficient (Wildman–Crippen LogP) is 19.5. The van der Waals surface area contributed by atoms with E-state index in [4.69, 9.17) is 4.74 Å². The molecule has 0 aromatic rings. The first-order valence-electron chi connectivity index (χ1n) is 26.9. The molecule has 3 heteroatoms. The van der Waals surface area contributed by atoms with E-state index < -0.39 is 0 Å². The molecule has 0 spiro atoms. The molecule has 0 aromatic heterocycles. The second-order valence-corrected chi connectivity index (χ2v) is 18.7. The van der Waals surface area contributed by atoms with E-state index in [0.29, 0.717) is 6.42 Å². The maximum absolute atomic E-state index is 13.2. The minimum absolute atomic E-state index is 0.0982. The number of esters is 2. The molecule has 0 bridgehead atoms. The van der Waals surface area contributed by atoms with Crippen molar-refractivity contribution in [2.24, 2.45) is 5.92 Å². The Kier molecular flexibility index (Phi) is 48.8. The predicted molar refractivity (Wildman–Crippen MR) is 253 cm³/mol. The largest absolute Gasteiger partial charge is 0.393 e. The minimum Gasteiger partial charge on any atom is -0.393 e. The molecule has 0 saturated heterocycles. The number of hydrogen-bond acceptors (Lipinski definition) is 3. The minimum atomic E-state index is -0.285. The summed E-state index contributed by atoms with van der Waals surface area (Å²) >= 11 is 0. The van der Waals surface area contributed by atoms with Crippen LogP contribution in [0.25, 0.3) is 0 Å². The van der Waals surface area contributed by atoms with Crippen LogP contribution in [0.3, 0.4) is 0 Å². The maximum atomic E-state index is 13.2. The molecule has 0 amide bonds. The fourth-order valence-electron chi connectivity index (χ4n) is 8.79. The van der Waals surface area contributed by atoms with Crippen LogP contribution in [-0.4, -0.2) is 11.9 Å². The highest BCUT2D eigenvalue weighted by Gasteiger charge is 2.22. The molecular weight excluding hydrogens is 697 g/mol. The van der Waals surface area contributed by atoms with Gasteiger partial charge in [-0.1, -0.05) is 303 Å². The summed E-state index contributed by atoms with van der Waals surface area (Å²) in [7, 11) is 0. The average molecular weight is 803 g/mol. The van der Waals surface area contributed by atoms with Gasteiger partial charge in [0.2, 0.25) is 0 Å². The van der Waals surface area contributed by atoms with Crippen molar-refractivity contribution < 1.29 is 14.3 Å². The molecule has 0 aliphatic rings. The van der Waals surface area contributed by atoms with Gasteiger partial charge in [0.1, 0.15) is 0 Å². The lowest BCUT2D eigenvalue weighted by atomic mass is 9.94. The van der Waals surface area contributed by atoms with Crippen LogP contribution in [0.1, 0.15) is 329 Å². The van der Waals surface area contributed by atoms with Gasteiger partial charge < -0.3 is 4.74 Å². The molecule has 0 rings (SSSR count). The molecule has 3 nitrogen and oxygen atoms in total. The summed E-state index contributed by atoms with van der Waals surface area (Å²) in [6, 6.07) is 0. The number of carbonyl (C=O) groups excluding carboxylic acids is 2. The van der Waals surface area contributed by atoms with Gasteiger partial charge >= 0.3 is 11.9 Å². The molecule has 0 unspecified atom stereocenters. The molecule has 57 heavy (non-hydrogen) atoms. The third kappa shape index (κ3) is 46.1. The lowest BCUT2D eigenvalue weighted by Crippen LogP contribution is -2.21. The quantitative estimate of drug-likeness (QED) is 0.0350. The monoisotopic (exact) mass is 803 g/mol. The lowest BCUT2D eigenvalue weighted by Gasteiger charge is -2.15. The van der Waals surface area contributed by atoms with Gasteiger partial charge in [0, 0.05) is 6.42 Å². The van der Waals surface area contributed by atoms with E-state index in [1.54, 1.807) is 0 Å². The van der Waals surface area contributed by atoms with E-state index >= 15 is 0 Å². The van der Waals surface area contributed by atoms with Crippen molar-refractivity contribution in [2.45, 2.75) is 329 Å². The van der Waals surface area contributed by atoms with Gasteiger partial charge in [0.05, 0.1) is 5.92 Å². The molecular formula is C54H106O3. The summed E-state index contributed by atoms with van der Waals surface area (Å²) in [5.41, 5.74) is 0. The van der Waals surface area contributed by atoms with Gasteiger partial charge in [-0.2, -0.15) is 0 Å². The molecule has 0 heterocycles. The number of hydrogen-bond donors (Lipinski definition) is 0. The Morgan fingerprint density at radius 3 is 0.702 bits per heavy atom. The Labute approximate surface area is 360 Å². The van der Waals surface area contributed by atoms with E-state index in [2.05, 4.69) is 20.8 Å². The number of carbonyl (C=O) groups is 2. The zero-order chi connectivity index (χ0) is 41.4. The van der Waals surface area contributed by atoms with Gasteiger partial charge in [-0.3, -0.25) is 9.59 Å². The first-order valence-corrected chi connectivity index (χ1v) is 26.9. The van der Waals surface area contributed by atoms with Crippen molar-refractivity contribution in [1.29, 1.82) is 0 Å². The second-order valence-electron chi connectivity index (χ2n) is 18.7. The highest BCUT2D eigenvalue weighted by molar-refractivity contribution is 5.86. The van der Waals surface area contributed by atoms with Crippen molar-refractivity contribution >= 4 is 11.9 Å². The number of unbranched alkanes of at least 4 members (excludes halogenated alkanes) is 42. The van der Waals surface area contributed by atoms with Gasteiger partial charge in [0.15, 0.2) is 0 Å². The Morgan fingerprint density at radius 1 is 0.281 bits per heavy atom. The van der Waals surface area contributed by atoms with E-state index in [9.17, 15) is 9.59 Å². The summed E-state index contributed by atoms with van der Waals surface area (Å²) in [6.45, 7) is 6.87. The first kappa shape index (κ1) is 56.1. The number of rotatable bonds is 49. The van der Waals surface area contributed by atoms with Gasteiger partial charge in [-0.15, -0.1) is 0 Å².